The minimum atomic E-state index is -5.17. The van der Waals surface area contributed by atoms with Crippen molar-refractivity contribution in [3.8, 4) is 0 Å². The number of benzene rings is 1. The van der Waals surface area contributed by atoms with E-state index in [2.05, 4.69) is 0 Å². The number of halogens is 3. The molecule has 7 nitrogen and oxygen atoms in total. The minimum Gasteiger partial charge on any atom is -0.460 e. The van der Waals surface area contributed by atoms with Crippen molar-refractivity contribution in [3.63, 3.8) is 0 Å². The summed E-state index contributed by atoms with van der Waals surface area (Å²) in [6.07, 6.45) is -5.82. The summed E-state index contributed by atoms with van der Waals surface area (Å²) in [5.41, 5.74) is 1.68. The molecule has 0 spiro atoms. The number of carbonyl (C=O) groups is 2. The maximum Gasteiger partial charge on any atom is 0.426 e. The predicted molar refractivity (Wildman–Crippen MR) is 122 cm³/mol. The second-order valence-electron chi connectivity index (χ2n) is 11.1. The number of aryl methyl sites for hydroxylation is 2. The van der Waals surface area contributed by atoms with Crippen LogP contribution in [0.5, 0.6) is 0 Å². The summed E-state index contributed by atoms with van der Waals surface area (Å²) in [7, 11) is -5.05. The van der Waals surface area contributed by atoms with Crippen molar-refractivity contribution in [2.45, 2.75) is 78.2 Å². The number of hydrogen-bond acceptors (Lipinski definition) is 6. The molecule has 1 N–H and O–H groups in total. The minimum absolute atomic E-state index is 0.00689. The van der Waals surface area contributed by atoms with Gasteiger partial charge in [-0.15, -0.1) is 0 Å². The first-order chi connectivity index (χ1) is 16.5. The number of hydrogen-bond donors (Lipinski definition) is 1. The summed E-state index contributed by atoms with van der Waals surface area (Å²) < 4.78 is 81.9. The maximum absolute atomic E-state index is 13.4. The van der Waals surface area contributed by atoms with E-state index in [1.54, 1.807) is 0 Å². The fraction of sp³-hybridized carbons (Fsp3) is 0.680. The van der Waals surface area contributed by atoms with E-state index in [4.69, 9.17) is 14.0 Å². The number of rotatable bonds is 7. The molecule has 0 amide bonds. The first-order valence-corrected chi connectivity index (χ1v) is 13.6. The molecule has 4 aliphatic rings. The fourth-order valence-electron chi connectivity index (χ4n) is 6.96. The SMILES string of the molecule is Cc1cc(C)c(C)c(COC(=O)C23CC4CC(C2)CC(C(=O)OC(CS(=O)(=O)O)C(F)(F)F)(C4)C3)c1. The van der Waals surface area contributed by atoms with Gasteiger partial charge in [0.25, 0.3) is 10.1 Å². The molecular weight excluding hydrogens is 501 g/mol. The molecule has 1 aromatic rings. The third kappa shape index (κ3) is 5.27. The summed E-state index contributed by atoms with van der Waals surface area (Å²) in [5.74, 6) is -3.48. The predicted octanol–water partition coefficient (Wildman–Crippen LogP) is 4.60. The average molecular weight is 533 g/mol. The van der Waals surface area contributed by atoms with E-state index < -0.39 is 50.9 Å². The quantitative estimate of drug-likeness (QED) is 0.404. The van der Waals surface area contributed by atoms with Crippen LogP contribution in [0.4, 0.5) is 13.2 Å². The normalized spacial score (nSPS) is 30.2. The molecular formula is C25H31F3O7S. The van der Waals surface area contributed by atoms with Crippen molar-refractivity contribution in [3.05, 3.63) is 34.4 Å². The molecule has 0 radical (unpaired) electrons. The number of carbonyl (C=O) groups excluding carboxylic acids is 2. The largest absolute Gasteiger partial charge is 0.460 e. The van der Waals surface area contributed by atoms with Gasteiger partial charge in [-0.05, 0) is 87.8 Å². The summed E-state index contributed by atoms with van der Waals surface area (Å²) >= 11 is 0. The zero-order valence-electron chi connectivity index (χ0n) is 20.5. The maximum atomic E-state index is 13.4. The molecule has 4 aliphatic carbocycles. The Balaban J connectivity index is 1.54. The molecule has 1 aromatic carbocycles. The monoisotopic (exact) mass is 532 g/mol. The Morgan fingerprint density at radius 1 is 1.06 bits per heavy atom. The van der Waals surface area contributed by atoms with Gasteiger partial charge in [0, 0.05) is 0 Å². The van der Waals surface area contributed by atoms with Gasteiger partial charge < -0.3 is 9.47 Å². The van der Waals surface area contributed by atoms with Crippen LogP contribution in [0.2, 0.25) is 0 Å². The molecule has 0 aliphatic heterocycles. The van der Waals surface area contributed by atoms with Gasteiger partial charge in [0.05, 0.1) is 10.8 Å². The molecule has 4 bridgehead atoms. The zero-order chi connectivity index (χ0) is 26.7. The molecule has 5 rings (SSSR count). The highest BCUT2D eigenvalue weighted by molar-refractivity contribution is 7.85. The smallest absolute Gasteiger partial charge is 0.426 e. The van der Waals surface area contributed by atoms with Crippen LogP contribution in [0.15, 0.2) is 12.1 Å². The van der Waals surface area contributed by atoms with Crippen molar-refractivity contribution in [2.24, 2.45) is 22.7 Å². The van der Waals surface area contributed by atoms with Gasteiger partial charge in [0.1, 0.15) is 12.4 Å². The standard InChI is InChI=1S/C25H31F3O7S/c1-14-4-15(2)16(3)19(5-14)11-34-21(29)23-7-17-6-18(8-23)10-24(9-17,13-23)22(30)35-20(25(26,27)28)12-36(31,32)33/h4-5,17-18,20H,6-13H2,1-3H3,(H,31,32,33). The Bertz CT molecular complexity index is 1160. The van der Waals surface area contributed by atoms with E-state index in [1.807, 2.05) is 32.9 Å². The Hall–Kier alpha value is -2.14. The summed E-state index contributed by atoms with van der Waals surface area (Å²) in [6.45, 7) is 5.92. The number of alkyl halides is 3. The van der Waals surface area contributed by atoms with Gasteiger partial charge in [-0.2, -0.15) is 21.6 Å². The topological polar surface area (TPSA) is 107 Å². The fourth-order valence-corrected chi connectivity index (χ4v) is 7.59. The molecule has 11 heteroatoms. The van der Waals surface area contributed by atoms with Crippen molar-refractivity contribution in [1.29, 1.82) is 0 Å². The lowest BCUT2D eigenvalue weighted by atomic mass is 9.44. The number of esters is 2. The Labute approximate surface area is 208 Å². The first kappa shape index (κ1) is 26.9. The zero-order valence-corrected chi connectivity index (χ0v) is 21.3. The van der Waals surface area contributed by atoms with Crippen molar-refractivity contribution < 1.29 is 45.2 Å². The van der Waals surface area contributed by atoms with Gasteiger partial charge >= 0.3 is 18.1 Å². The van der Waals surface area contributed by atoms with E-state index in [1.165, 1.54) is 0 Å². The van der Waals surface area contributed by atoms with E-state index >= 15 is 0 Å². The highest BCUT2D eigenvalue weighted by Crippen LogP contribution is 2.66. The van der Waals surface area contributed by atoms with Gasteiger partial charge in [-0.1, -0.05) is 17.7 Å². The van der Waals surface area contributed by atoms with Crippen LogP contribution in [-0.4, -0.2) is 42.9 Å². The van der Waals surface area contributed by atoms with Gasteiger partial charge in [-0.25, -0.2) is 0 Å². The Morgan fingerprint density at radius 3 is 2.14 bits per heavy atom. The van der Waals surface area contributed by atoms with E-state index in [-0.39, 0.29) is 37.7 Å². The van der Waals surface area contributed by atoms with Crippen LogP contribution >= 0.6 is 0 Å². The lowest BCUT2D eigenvalue weighted by molar-refractivity contribution is -0.231. The molecule has 0 heterocycles. The molecule has 200 valence electrons. The first-order valence-electron chi connectivity index (χ1n) is 12.0. The third-order valence-electron chi connectivity index (χ3n) is 8.18. The van der Waals surface area contributed by atoms with Crippen LogP contribution < -0.4 is 0 Å². The molecule has 36 heavy (non-hydrogen) atoms. The highest BCUT2D eigenvalue weighted by Gasteiger charge is 2.65. The van der Waals surface area contributed by atoms with Crippen molar-refractivity contribution >= 4 is 22.1 Å². The summed E-state index contributed by atoms with van der Waals surface area (Å²) in [5, 5.41) is 0. The van der Waals surface area contributed by atoms with Gasteiger partial charge in [-0.3, -0.25) is 14.1 Å². The van der Waals surface area contributed by atoms with E-state index in [0.29, 0.717) is 12.8 Å². The van der Waals surface area contributed by atoms with Crippen LogP contribution in [-0.2, 0) is 35.8 Å². The second kappa shape index (κ2) is 9.01. The average Bonchev–Trinajstić information content (AvgIpc) is 2.72. The van der Waals surface area contributed by atoms with Crippen LogP contribution in [0.25, 0.3) is 0 Å². The lowest BCUT2D eigenvalue weighted by Gasteiger charge is -2.59. The van der Waals surface area contributed by atoms with Crippen LogP contribution in [0.3, 0.4) is 0 Å². The molecule has 4 saturated carbocycles. The van der Waals surface area contributed by atoms with Gasteiger partial charge in [0.15, 0.2) is 0 Å². The summed E-state index contributed by atoms with van der Waals surface area (Å²) in [6, 6.07) is 3.98. The molecule has 3 atom stereocenters. The van der Waals surface area contributed by atoms with Gasteiger partial charge in [0.2, 0.25) is 6.10 Å². The van der Waals surface area contributed by atoms with Crippen molar-refractivity contribution in [1.82, 2.24) is 0 Å². The second-order valence-corrected chi connectivity index (χ2v) is 12.6. The molecule has 0 saturated heterocycles. The third-order valence-corrected chi connectivity index (χ3v) is 8.91. The molecule has 0 aromatic heterocycles. The van der Waals surface area contributed by atoms with E-state index in [0.717, 1.165) is 28.7 Å². The number of ether oxygens (including phenoxy) is 2. The Kier molecular flexibility index (Phi) is 6.73. The molecule has 4 fully saturated rings. The lowest BCUT2D eigenvalue weighted by Crippen LogP contribution is -2.59. The van der Waals surface area contributed by atoms with Crippen LogP contribution in [0.1, 0.15) is 60.8 Å². The Morgan fingerprint density at radius 2 is 1.61 bits per heavy atom. The summed E-state index contributed by atoms with van der Waals surface area (Å²) in [4.78, 5) is 26.6. The van der Waals surface area contributed by atoms with Crippen molar-refractivity contribution in [2.75, 3.05) is 5.75 Å². The highest BCUT2D eigenvalue weighted by atomic mass is 32.2. The van der Waals surface area contributed by atoms with Crippen LogP contribution in [0, 0.1) is 43.4 Å². The van der Waals surface area contributed by atoms with E-state index in [9.17, 15) is 31.2 Å². The molecule has 3 unspecified atom stereocenters.